The van der Waals surface area contributed by atoms with E-state index in [0.29, 0.717) is 29.5 Å². The van der Waals surface area contributed by atoms with E-state index in [9.17, 15) is 19.2 Å². The third-order valence-corrected chi connectivity index (χ3v) is 6.12. The average molecular weight is 465 g/mol. The average Bonchev–Trinajstić information content (AvgIpc) is 2.74. The van der Waals surface area contributed by atoms with Gasteiger partial charge in [0.05, 0.1) is 18.7 Å². The first-order chi connectivity index (χ1) is 15.2. The largest absolute Gasteiger partial charge is 0.465 e. The molecule has 0 saturated heterocycles. The van der Waals surface area contributed by atoms with Crippen LogP contribution >= 0.6 is 11.8 Å². The molecule has 2 unspecified atom stereocenters. The van der Waals surface area contributed by atoms with Crippen LogP contribution in [-0.4, -0.2) is 42.0 Å². The second-order valence-electron chi connectivity index (χ2n) is 7.88. The molecule has 0 fully saturated rings. The Hall–Kier alpha value is -2.35. The number of carbonyl (C=O) groups excluding carboxylic acids is 4. The van der Waals surface area contributed by atoms with Crippen LogP contribution in [-0.2, 0) is 19.1 Å². The van der Waals surface area contributed by atoms with Gasteiger partial charge in [-0.15, -0.1) is 11.8 Å². The summed E-state index contributed by atoms with van der Waals surface area (Å²) in [5, 5.41) is 5.31. The Morgan fingerprint density at radius 1 is 1.12 bits per heavy atom. The molecule has 7 nitrogen and oxygen atoms in total. The molecule has 0 aromatic heterocycles. The maximum absolute atomic E-state index is 12.4. The van der Waals surface area contributed by atoms with Gasteiger partial charge in [-0.3, -0.25) is 19.2 Å². The van der Waals surface area contributed by atoms with Gasteiger partial charge in [-0.05, 0) is 38.3 Å². The molecule has 1 rings (SSSR count). The fourth-order valence-corrected chi connectivity index (χ4v) is 3.93. The van der Waals surface area contributed by atoms with Crippen molar-refractivity contribution < 1.29 is 23.9 Å². The quantitative estimate of drug-likeness (QED) is 0.237. The van der Waals surface area contributed by atoms with E-state index in [1.54, 1.807) is 25.1 Å². The van der Waals surface area contributed by atoms with E-state index in [1.807, 2.05) is 0 Å². The van der Waals surface area contributed by atoms with E-state index in [2.05, 4.69) is 24.5 Å². The van der Waals surface area contributed by atoms with Gasteiger partial charge >= 0.3 is 5.97 Å². The number of carbonyl (C=O) groups is 4. The van der Waals surface area contributed by atoms with Crippen LogP contribution in [0.25, 0.3) is 0 Å². The molecule has 8 heteroatoms. The maximum atomic E-state index is 12.4. The van der Waals surface area contributed by atoms with E-state index in [-0.39, 0.29) is 30.0 Å². The van der Waals surface area contributed by atoms with Crippen LogP contribution in [0.4, 0.5) is 5.69 Å². The SMILES string of the molecule is CCCCC(CC)COC(=O)CCSc1ccc(C(C)=O)cc1NC(=O)C(C)NC(C)=O. The Kier molecular flexibility index (Phi) is 12.7. The number of rotatable bonds is 14. The number of benzene rings is 1. The molecule has 1 aromatic carbocycles. The second kappa shape index (κ2) is 14.7. The molecule has 32 heavy (non-hydrogen) atoms. The zero-order chi connectivity index (χ0) is 24.1. The Bertz CT molecular complexity index is 797. The monoisotopic (exact) mass is 464 g/mol. The van der Waals surface area contributed by atoms with Crippen molar-refractivity contribution in [1.29, 1.82) is 0 Å². The molecule has 178 valence electrons. The molecule has 2 atom stereocenters. The number of unbranched alkanes of at least 4 members (excludes halogenated alkanes) is 1. The molecule has 2 N–H and O–H groups in total. The predicted molar refractivity (Wildman–Crippen MR) is 128 cm³/mol. The van der Waals surface area contributed by atoms with E-state index < -0.39 is 6.04 Å². The molecule has 0 aliphatic rings. The molecule has 0 aliphatic heterocycles. The van der Waals surface area contributed by atoms with Crippen molar-refractivity contribution in [3.63, 3.8) is 0 Å². The van der Waals surface area contributed by atoms with Gasteiger partial charge in [-0.25, -0.2) is 0 Å². The minimum absolute atomic E-state index is 0.121. The topological polar surface area (TPSA) is 102 Å². The summed E-state index contributed by atoms with van der Waals surface area (Å²) < 4.78 is 5.44. The Morgan fingerprint density at radius 2 is 1.84 bits per heavy atom. The van der Waals surface area contributed by atoms with Crippen LogP contribution in [0.2, 0.25) is 0 Å². The zero-order valence-corrected chi connectivity index (χ0v) is 20.6. The Morgan fingerprint density at radius 3 is 2.44 bits per heavy atom. The van der Waals surface area contributed by atoms with Gasteiger partial charge in [0.15, 0.2) is 5.78 Å². The van der Waals surface area contributed by atoms with E-state index in [1.165, 1.54) is 25.6 Å². The molecule has 0 spiro atoms. The summed E-state index contributed by atoms with van der Waals surface area (Å²) in [5.74, 6) is -0.174. The zero-order valence-electron chi connectivity index (χ0n) is 19.8. The van der Waals surface area contributed by atoms with Gasteiger partial charge in [-0.2, -0.15) is 0 Å². The molecule has 0 bridgehead atoms. The van der Waals surface area contributed by atoms with E-state index in [0.717, 1.165) is 30.6 Å². The smallest absolute Gasteiger partial charge is 0.306 e. The van der Waals surface area contributed by atoms with Crippen molar-refractivity contribution in [2.75, 3.05) is 17.7 Å². The summed E-state index contributed by atoms with van der Waals surface area (Å²) in [5.41, 5.74) is 0.942. The normalized spacial score (nSPS) is 12.5. The lowest BCUT2D eigenvalue weighted by Crippen LogP contribution is -2.40. The maximum Gasteiger partial charge on any atom is 0.306 e. The van der Waals surface area contributed by atoms with Gasteiger partial charge < -0.3 is 15.4 Å². The first-order valence-electron chi connectivity index (χ1n) is 11.2. The van der Waals surface area contributed by atoms with E-state index in [4.69, 9.17) is 4.74 Å². The third kappa shape index (κ3) is 10.3. The lowest BCUT2D eigenvalue weighted by molar-refractivity contribution is -0.144. The fourth-order valence-electron chi connectivity index (χ4n) is 3.01. The van der Waals surface area contributed by atoms with Crippen LogP contribution in [0.5, 0.6) is 0 Å². The van der Waals surface area contributed by atoms with Crippen molar-refractivity contribution in [3.05, 3.63) is 23.8 Å². The summed E-state index contributed by atoms with van der Waals surface area (Å²) in [6.07, 6.45) is 4.57. The highest BCUT2D eigenvalue weighted by molar-refractivity contribution is 7.99. The lowest BCUT2D eigenvalue weighted by Gasteiger charge is -2.16. The fraction of sp³-hybridized carbons (Fsp3) is 0.583. The van der Waals surface area contributed by atoms with Crippen molar-refractivity contribution in [3.8, 4) is 0 Å². The van der Waals surface area contributed by atoms with Crippen LogP contribution in [0.15, 0.2) is 23.1 Å². The second-order valence-corrected chi connectivity index (χ2v) is 9.01. The standard InChI is InChI=1S/C24H36N2O5S/c1-6-8-9-19(7-2)15-31-23(29)12-13-32-22-11-10-20(17(4)27)14-21(22)26-24(30)16(3)25-18(5)28/h10-11,14,16,19H,6-9,12-13,15H2,1-5H3,(H,25,28)(H,26,30). The number of anilines is 1. The summed E-state index contributed by atoms with van der Waals surface area (Å²) in [6.45, 7) is 9.09. The summed E-state index contributed by atoms with van der Waals surface area (Å²) in [4.78, 5) is 48.3. The molecule has 0 aliphatic carbocycles. The van der Waals surface area contributed by atoms with Crippen LogP contribution in [0, 0.1) is 5.92 Å². The number of thioether (sulfide) groups is 1. The Balaban J connectivity index is 2.71. The number of hydrogen-bond acceptors (Lipinski definition) is 6. The molecule has 1 aromatic rings. The van der Waals surface area contributed by atoms with Gasteiger partial charge in [0.25, 0.3) is 0 Å². The van der Waals surface area contributed by atoms with Gasteiger partial charge in [0.1, 0.15) is 6.04 Å². The number of ketones is 1. The summed E-state index contributed by atoms with van der Waals surface area (Å²) in [7, 11) is 0. The van der Waals surface area contributed by atoms with Gasteiger partial charge in [0.2, 0.25) is 11.8 Å². The minimum atomic E-state index is -0.722. The predicted octanol–water partition coefficient (Wildman–Crippen LogP) is 4.59. The Labute approximate surface area is 195 Å². The number of ether oxygens (including phenoxy) is 1. The number of amides is 2. The van der Waals surface area contributed by atoms with Crippen molar-refractivity contribution >= 4 is 41.0 Å². The third-order valence-electron chi connectivity index (χ3n) is 5.04. The minimum Gasteiger partial charge on any atom is -0.465 e. The van der Waals surface area contributed by atoms with Gasteiger partial charge in [-0.1, -0.05) is 39.2 Å². The highest BCUT2D eigenvalue weighted by Gasteiger charge is 2.17. The summed E-state index contributed by atoms with van der Waals surface area (Å²) in [6, 6.07) is 4.33. The van der Waals surface area contributed by atoms with Crippen molar-refractivity contribution in [2.45, 2.75) is 77.7 Å². The molecule has 2 amide bonds. The molecule has 0 saturated carbocycles. The summed E-state index contributed by atoms with van der Waals surface area (Å²) >= 11 is 1.40. The van der Waals surface area contributed by atoms with Gasteiger partial charge in [0, 0.05) is 23.1 Å². The first-order valence-corrected chi connectivity index (χ1v) is 12.2. The number of esters is 1. The highest BCUT2D eigenvalue weighted by Crippen LogP contribution is 2.29. The number of nitrogens with one attached hydrogen (secondary N) is 2. The molecular formula is C24H36N2O5S. The number of hydrogen-bond donors (Lipinski definition) is 2. The first kappa shape index (κ1) is 27.7. The highest BCUT2D eigenvalue weighted by atomic mass is 32.2. The molecule has 0 radical (unpaired) electrons. The van der Waals surface area contributed by atoms with Crippen molar-refractivity contribution in [1.82, 2.24) is 5.32 Å². The number of Topliss-reactive ketones (excluding diaryl/α,β-unsaturated/α-hetero) is 1. The van der Waals surface area contributed by atoms with Crippen LogP contribution < -0.4 is 10.6 Å². The van der Waals surface area contributed by atoms with Crippen LogP contribution in [0.1, 0.15) is 77.1 Å². The van der Waals surface area contributed by atoms with Crippen LogP contribution in [0.3, 0.4) is 0 Å². The molecule has 0 heterocycles. The van der Waals surface area contributed by atoms with Crippen molar-refractivity contribution in [2.24, 2.45) is 5.92 Å². The van der Waals surface area contributed by atoms with E-state index >= 15 is 0 Å². The lowest BCUT2D eigenvalue weighted by atomic mass is 10.0. The molecular weight excluding hydrogens is 428 g/mol.